The van der Waals surface area contributed by atoms with Gasteiger partial charge in [-0.15, -0.1) is 0 Å². The number of anilines is 1. The van der Waals surface area contributed by atoms with Crippen LogP contribution in [0.15, 0.2) is 18.3 Å². The third-order valence-electron chi connectivity index (χ3n) is 3.40. The normalized spacial score (nSPS) is 13.4. The number of carboxylic acid groups (broad SMARTS) is 1. The van der Waals surface area contributed by atoms with Crippen molar-refractivity contribution in [1.29, 1.82) is 0 Å². The van der Waals surface area contributed by atoms with Gasteiger partial charge in [0.05, 0.1) is 11.0 Å². The van der Waals surface area contributed by atoms with Crippen LogP contribution >= 0.6 is 0 Å². The third kappa shape index (κ3) is 3.69. The molecule has 6 heteroatoms. The number of carboxylic acids is 1. The van der Waals surface area contributed by atoms with Gasteiger partial charge < -0.3 is 15.3 Å². The second-order valence-corrected chi connectivity index (χ2v) is 5.20. The SMILES string of the molecule is CCC(C)(CNC(=O)c1ccc(N(C)C)nc1)C(=O)O. The molecule has 0 fully saturated rings. The van der Waals surface area contributed by atoms with Gasteiger partial charge in [-0.1, -0.05) is 6.92 Å². The summed E-state index contributed by atoms with van der Waals surface area (Å²) in [6, 6.07) is 3.41. The van der Waals surface area contributed by atoms with E-state index in [1.54, 1.807) is 26.0 Å². The first-order valence-electron chi connectivity index (χ1n) is 6.45. The van der Waals surface area contributed by atoms with Gasteiger partial charge in [0.2, 0.25) is 0 Å². The van der Waals surface area contributed by atoms with Crippen LogP contribution in [0.1, 0.15) is 30.6 Å². The number of carbonyl (C=O) groups excluding carboxylic acids is 1. The largest absolute Gasteiger partial charge is 0.481 e. The highest BCUT2D eigenvalue weighted by Crippen LogP contribution is 2.20. The highest BCUT2D eigenvalue weighted by Gasteiger charge is 2.31. The molecule has 1 atom stereocenters. The van der Waals surface area contributed by atoms with Crippen LogP contribution in [0.25, 0.3) is 0 Å². The van der Waals surface area contributed by atoms with Crippen LogP contribution < -0.4 is 10.2 Å². The van der Waals surface area contributed by atoms with Crippen LogP contribution in [-0.2, 0) is 4.79 Å². The first-order chi connectivity index (χ1) is 9.30. The maximum absolute atomic E-state index is 12.0. The number of carbonyl (C=O) groups is 2. The number of hydrogen-bond acceptors (Lipinski definition) is 4. The minimum atomic E-state index is -0.952. The Labute approximate surface area is 118 Å². The van der Waals surface area contributed by atoms with Crippen LogP contribution in [-0.4, -0.2) is 42.6 Å². The standard InChI is InChI=1S/C14H21N3O3/c1-5-14(2,13(19)20)9-16-12(18)10-6-7-11(15-8-10)17(3)4/h6-8H,5,9H2,1-4H3,(H,16,18)(H,19,20). The average molecular weight is 279 g/mol. The molecule has 0 saturated carbocycles. The van der Waals surface area contributed by atoms with E-state index in [-0.39, 0.29) is 12.5 Å². The summed E-state index contributed by atoms with van der Waals surface area (Å²) < 4.78 is 0. The molecule has 6 nitrogen and oxygen atoms in total. The Bertz CT molecular complexity index is 485. The molecule has 1 rings (SSSR count). The Morgan fingerprint density at radius 3 is 2.45 bits per heavy atom. The number of amides is 1. The van der Waals surface area contributed by atoms with Gasteiger partial charge in [0, 0.05) is 26.8 Å². The van der Waals surface area contributed by atoms with E-state index >= 15 is 0 Å². The molecule has 20 heavy (non-hydrogen) atoms. The molecule has 1 aromatic rings. The molecule has 0 aliphatic heterocycles. The van der Waals surface area contributed by atoms with E-state index in [2.05, 4.69) is 10.3 Å². The summed E-state index contributed by atoms with van der Waals surface area (Å²) in [6.45, 7) is 3.49. The van der Waals surface area contributed by atoms with Gasteiger partial charge in [0.15, 0.2) is 0 Å². The van der Waals surface area contributed by atoms with Gasteiger partial charge in [0.25, 0.3) is 5.91 Å². The summed E-state index contributed by atoms with van der Waals surface area (Å²) in [5.74, 6) is -0.476. The van der Waals surface area contributed by atoms with Crippen molar-refractivity contribution in [2.75, 3.05) is 25.5 Å². The van der Waals surface area contributed by atoms with Gasteiger partial charge in [-0.05, 0) is 25.5 Å². The Hall–Kier alpha value is -2.11. The number of nitrogens with zero attached hydrogens (tertiary/aromatic N) is 2. The average Bonchev–Trinajstić information content (AvgIpc) is 2.44. The lowest BCUT2D eigenvalue weighted by atomic mass is 9.87. The second kappa shape index (κ2) is 6.36. The topological polar surface area (TPSA) is 82.5 Å². The van der Waals surface area contributed by atoms with Gasteiger partial charge >= 0.3 is 5.97 Å². The zero-order valence-electron chi connectivity index (χ0n) is 12.3. The van der Waals surface area contributed by atoms with E-state index in [4.69, 9.17) is 5.11 Å². The zero-order chi connectivity index (χ0) is 15.3. The lowest BCUT2D eigenvalue weighted by molar-refractivity contribution is -0.147. The third-order valence-corrected chi connectivity index (χ3v) is 3.40. The molecule has 0 bridgehead atoms. The van der Waals surface area contributed by atoms with Gasteiger partial charge in [0.1, 0.15) is 5.82 Å². The Morgan fingerprint density at radius 2 is 2.05 bits per heavy atom. The summed E-state index contributed by atoms with van der Waals surface area (Å²) >= 11 is 0. The minimum Gasteiger partial charge on any atom is -0.481 e. The second-order valence-electron chi connectivity index (χ2n) is 5.20. The smallest absolute Gasteiger partial charge is 0.311 e. The maximum atomic E-state index is 12.0. The molecule has 1 unspecified atom stereocenters. The summed E-state index contributed by atoms with van der Waals surface area (Å²) in [5.41, 5.74) is -0.536. The highest BCUT2D eigenvalue weighted by atomic mass is 16.4. The summed E-state index contributed by atoms with van der Waals surface area (Å²) in [6.07, 6.45) is 1.93. The fourth-order valence-electron chi connectivity index (χ4n) is 1.51. The molecule has 0 spiro atoms. The fourth-order valence-corrected chi connectivity index (χ4v) is 1.51. The van der Waals surface area contributed by atoms with Crippen LogP contribution in [0.3, 0.4) is 0 Å². The molecular weight excluding hydrogens is 258 g/mol. The van der Waals surface area contributed by atoms with Crippen molar-refractivity contribution in [3.8, 4) is 0 Å². The summed E-state index contributed by atoms with van der Waals surface area (Å²) in [7, 11) is 3.73. The van der Waals surface area contributed by atoms with E-state index < -0.39 is 11.4 Å². The quantitative estimate of drug-likeness (QED) is 0.822. The van der Waals surface area contributed by atoms with Crippen molar-refractivity contribution in [3.63, 3.8) is 0 Å². The van der Waals surface area contributed by atoms with Crippen LogP contribution in [0, 0.1) is 5.41 Å². The van der Waals surface area contributed by atoms with E-state index in [0.29, 0.717) is 12.0 Å². The molecule has 0 saturated heterocycles. The Morgan fingerprint density at radius 1 is 1.40 bits per heavy atom. The molecule has 0 aliphatic carbocycles. The molecule has 1 aromatic heterocycles. The predicted octanol–water partition coefficient (Wildman–Crippen LogP) is 1.38. The van der Waals surface area contributed by atoms with Crippen molar-refractivity contribution in [3.05, 3.63) is 23.9 Å². The molecule has 110 valence electrons. The molecule has 1 amide bonds. The first kappa shape index (κ1) is 15.9. The maximum Gasteiger partial charge on any atom is 0.311 e. The van der Waals surface area contributed by atoms with Gasteiger partial charge in [-0.25, -0.2) is 4.98 Å². The number of aliphatic carboxylic acids is 1. The number of nitrogens with one attached hydrogen (secondary N) is 1. The lowest BCUT2D eigenvalue weighted by Gasteiger charge is -2.23. The first-order valence-corrected chi connectivity index (χ1v) is 6.45. The number of aromatic nitrogens is 1. The van der Waals surface area contributed by atoms with Crippen LogP contribution in [0.4, 0.5) is 5.82 Å². The van der Waals surface area contributed by atoms with Crippen LogP contribution in [0.5, 0.6) is 0 Å². The summed E-state index contributed by atoms with van der Waals surface area (Å²) in [5, 5.41) is 11.8. The van der Waals surface area contributed by atoms with Crippen molar-refractivity contribution >= 4 is 17.7 Å². The highest BCUT2D eigenvalue weighted by molar-refractivity contribution is 5.94. The molecule has 0 aliphatic rings. The number of pyridine rings is 1. The molecule has 0 radical (unpaired) electrons. The molecular formula is C14H21N3O3. The fraction of sp³-hybridized carbons (Fsp3) is 0.500. The van der Waals surface area contributed by atoms with E-state index in [9.17, 15) is 9.59 Å². The van der Waals surface area contributed by atoms with Crippen molar-refractivity contribution in [2.45, 2.75) is 20.3 Å². The van der Waals surface area contributed by atoms with Gasteiger partial charge in [-0.2, -0.15) is 0 Å². The number of rotatable bonds is 6. The Kier molecular flexibility index (Phi) is 5.07. The lowest BCUT2D eigenvalue weighted by Crippen LogP contribution is -2.40. The zero-order valence-corrected chi connectivity index (χ0v) is 12.3. The molecule has 0 aromatic carbocycles. The predicted molar refractivity (Wildman–Crippen MR) is 76.9 cm³/mol. The Balaban J connectivity index is 2.70. The molecule has 1 heterocycles. The van der Waals surface area contributed by atoms with Crippen molar-refractivity contribution < 1.29 is 14.7 Å². The summed E-state index contributed by atoms with van der Waals surface area (Å²) in [4.78, 5) is 29.1. The minimum absolute atomic E-state index is 0.0904. The van der Waals surface area contributed by atoms with Gasteiger partial charge in [-0.3, -0.25) is 9.59 Å². The van der Waals surface area contributed by atoms with E-state index in [1.165, 1.54) is 6.20 Å². The van der Waals surface area contributed by atoms with Crippen molar-refractivity contribution in [2.24, 2.45) is 5.41 Å². The van der Waals surface area contributed by atoms with E-state index in [0.717, 1.165) is 5.82 Å². The monoisotopic (exact) mass is 279 g/mol. The van der Waals surface area contributed by atoms with Crippen molar-refractivity contribution in [1.82, 2.24) is 10.3 Å². The number of hydrogen-bond donors (Lipinski definition) is 2. The van der Waals surface area contributed by atoms with Crippen LogP contribution in [0.2, 0.25) is 0 Å². The molecule has 2 N–H and O–H groups in total. The van der Waals surface area contributed by atoms with E-state index in [1.807, 2.05) is 19.0 Å².